The van der Waals surface area contributed by atoms with Gasteiger partial charge in [0.05, 0.1) is 5.69 Å². The van der Waals surface area contributed by atoms with E-state index in [2.05, 4.69) is 5.32 Å². The lowest BCUT2D eigenvalue weighted by molar-refractivity contribution is 0.521. The second kappa shape index (κ2) is 6.24. The molecule has 0 amide bonds. The molecule has 0 aliphatic carbocycles. The topological polar surface area (TPSA) is 49.4 Å². The van der Waals surface area contributed by atoms with E-state index in [-0.39, 0.29) is 10.7 Å². The molecule has 0 fully saturated rings. The monoisotopic (exact) mass is 308 g/mol. The molecule has 0 atom stereocenters. The molecule has 0 aliphatic rings. The maximum absolute atomic E-state index is 12.9. The number of nitrogens with one attached hydrogen (secondary N) is 1. The Balaban J connectivity index is 2.23. The number of hydrogen-bond donors (Lipinski definition) is 1. The number of benzene rings is 2. The molecule has 0 saturated carbocycles. The van der Waals surface area contributed by atoms with E-state index in [1.165, 1.54) is 30.5 Å². The van der Waals surface area contributed by atoms with Gasteiger partial charge in [-0.25, -0.2) is 17.1 Å². The van der Waals surface area contributed by atoms with Gasteiger partial charge in [0.2, 0.25) is 10.0 Å². The van der Waals surface area contributed by atoms with Crippen LogP contribution in [0.1, 0.15) is 5.56 Å². The summed E-state index contributed by atoms with van der Waals surface area (Å²) in [5.74, 6) is -0.297. The van der Waals surface area contributed by atoms with E-state index in [1.54, 1.807) is 36.4 Å². The van der Waals surface area contributed by atoms with Gasteiger partial charge in [0.1, 0.15) is 10.7 Å². The van der Waals surface area contributed by atoms with Crippen molar-refractivity contribution in [2.45, 2.75) is 11.4 Å². The average molecular weight is 308 g/mol. The summed E-state index contributed by atoms with van der Waals surface area (Å²) in [6, 6.07) is 12.8. The summed E-state index contributed by atoms with van der Waals surface area (Å²) in [4.78, 5) is 0.220. The Morgan fingerprint density at radius 2 is 1.67 bits per heavy atom. The summed E-state index contributed by atoms with van der Waals surface area (Å²) in [5.41, 5.74) is 1.39. The molecule has 6 heteroatoms. The fourth-order valence-corrected chi connectivity index (χ4v) is 2.90. The van der Waals surface area contributed by atoms with Gasteiger partial charge in [-0.2, -0.15) is 0 Å². The number of para-hydroxylation sites is 1. The van der Waals surface area contributed by atoms with Gasteiger partial charge in [0.15, 0.2) is 0 Å². The second-order valence-corrected chi connectivity index (χ2v) is 6.88. The number of hydrogen-bond acceptors (Lipinski definition) is 3. The van der Waals surface area contributed by atoms with Gasteiger partial charge in [-0.3, -0.25) is 0 Å². The first-order valence-electron chi connectivity index (χ1n) is 6.41. The molecule has 112 valence electrons. The Hall–Kier alpha value is -1.92. The molecule has 0 bridgehead atoms. The molecule has 2 rings (SSSR count). The van der Waals surface area contributed by atoms with Gasteiger partial charge in [-0.05, 0) is 29.8 Å². The highest BCUT2D eigenvalue weighted by Gasteiger charge is 2.20. The minimum absolute atomic E-state index is 0.220. The SMILES string of the molecule is CN(C)S(=O)(=O)c1ccccc1NCc1ccc(F)cc1. The zero-order chi connectivity index (χ0) is 15.5. The molecule has 4 nitrogen and oxygen atoms in total. The van der Waals surface area contributed by atoms with Gasteiger partial charge in [0.25, 0.3) is 0 Å². The Morgan fingerprint density at radius 3 is 2.29 bits per heavy atom. The van der Waals surface area contributed by atoms with Crippen LogP contribution in [0.25, 0.3) is 0 Å². The maximum atomic E-state index is 12.9. The fourth-order valence-electron chi connectivity index (χ4n) is 1.83. The molecular formula is C15H17FN2O2S. The lowest BCUT2D eigenvalue weighted by atomic mass is 10.2. The van der Waals surface area contributed by atoms with Crippen LogP contribution in [0.15, 0.2) is 53.4 Å². The molecule has 0 spiro atoms. The van der Waals surface area contributed by atoms with Gasteiger partial charge < -0.3 is 5.32 Å². The van der Waals surface area contributed by atoms with E-state index in [4.69, 9.17) is 0 Å². The first-order valence-corrected chi connectivity index (χ1v) is 7.85. The molecule has 0 aromatic heterocycles. The molecule has 0 unspecified atom stereocenters. The van der Waals surface area contributed by atoms with Crippen molar-refractivity contribution in [3.63, 3.8) is 0 Å². The highest BCUT2D eigenvalue weighted by atomic mass is 32.2. The molecular weight excluding hydrogens is 291 g/mol. The fraction of sp³-hybridized carbons (Fsp3) is 0.200. The van der Waals surface area contributed by atoms with Crippen LogP contribution in [0.2, 0.25) is 0 Å². The van der Waals surface area contributed by atoms with Crippen LogP contribution in [0.5, 0.6) is 0 Å². The molecule has 21 heavy (non-hydrogen) atoms. The summed E-state index contributed by atoms with van der Waals surface area (Å²) in [5, 5.41) is 3.08. The predicted octanol–water partition coefficient (Wildman–Crippen LogP) is 2.69. The Morgan fingerprint density at radius 1 is 1.05 bits per heavy atom. The van der Waals surface area contributed by atoms with E-state index in [0.29, 0.717) is 12.2 Å². The van der Waals surface area contributed by atoms with Crippen molar-refractivity contribution in [3.05, 3.63) is 59.9 Å². The van der Waals surface area contributed by atoms with Crippen molar-refractivity contribution in [1.29, 1.82) is 0 Å². The van der Waals surface area contributed by atoms with Crippen molar-refractivity contribution in [1.82, 2.24) is 4.31 Å². The lowest BCUT2D eigenvalue weighted by Crippen LogP contribution is -2.23. The van der Waals surface area contributed by atoms with Gasteiger partial charge in [0, 0.05) is 20.6 Å². The number of sulfonamides is 1. The smallest absolute Gasteiger partial charge is 0.244 e. The summed E-state index contributed by atoms with van der Waals surface area (Å²) >= 11 is 0. The molecule has 0 saturated heterocycles. The summed E-state index contributed by atoms with van der Waals surface area (Å²) < 4.78 is 38.5. The molecule has 2 aromatic carbocycles. The van der Waals surface area contributed by atoms with Crippen molar-refractivity contribution < 1.29 is 12.8 Å². The second-order valence-electron chi connectivity index (χ2n) is 4.76. The van der Waals surface area contributed by atoms with Crippen LogP contribution in [0.3, 0.4) is 0 Å². The Bertz CT molecular complexity index is 713. The highest BCUT2D eigenvalue weighted by Crippen LogP contribution is 2.23. The highest BCUT2D eigenvalue weighted by molar-refractivity contribution is 7.89. The number of halogens is 1. The van der Waals surface area contributed by atoms with Crippen molar-refractivity contribution in [3.8, 4) is 0 Å². The zero-order valence-electron chi connectivity index (χ0n) is 11.9. The first-order chi connectivity index (χ1) is 9.91. The standard InChI is InChI=1S/C15H17FN2O2S/c1-18(2)21(19,20)15-6-4-3-5-14(15)17-11-12-7-9-13(16)10-8-12/h3-10,17H,11H2,1-2H3. The van der Waals surface area contributed by atoms with Gasteiger partial charge >= 0.3 is 0 Å². The Labute approximate surface area is 124 Å². The molecule has 0 radical (unpaired) electrons. The minimum atomic E-state index is -3.51. The van der Waals surface area contributed by atoms with Crippen LogP contribution in [-0.4, -0.2) is 26.8 Å². The maximum Gasteiger partial charge on any atom is 0.244 e. The van der Waals surface area contributed by atoms with Crippen LogP contribution in [0.4, 0.5) is 10.1 Å². The van der Waals surface area contributed by atoms with Gasteiger partial charge in [-0.15, -0.1) is 0 Å². The van der Waals surface area contributed by atoms with E-state index in [1.807, 2.05) is 0 Å². The van der Waals surface area contributed by atoms with E-state index in [0.717, 1.165) is 5.56 Å². The van der Waals surface area contributed by atoms with E-state index < -0.39 is 10.0 Å². The third kappa shape index (κ3) is 3.59. The van der Waals surface area contributed by atoms with Crippen molar-refractivity contribution in [2.75, 3.05) is 19.4 Å². The summed E-state index contributed by atoms with van der Waals surface area (Å²) in [6.45, 7) is 0.417. The normalized spacial score (nSPS) is 11.6. The quantitative estimate of drug-likeness (QED) is 0.924. The predicted molar refractivity (Wildman–Crippen MR) is 81.0 cm³/mol. The number of rotatable bonds is 5. The molecule has 1 N–H and O–H groups in total. The molecule has 0 heterocycles. The molecule has 2 aromatic rings. The van der Waals surface area contributed by atoms with Crippen molar-refractivity contribution >= 4 is 15.7 Å². The number of nitrogens with zero attached hydrogens (tertiary/aromatic N) is 1. The van der Waals surface area contributed by atoms with Gasteiger partial charge in [-0.1, -0.05) is 24.3 Å². The van der Waals surface area contributed by atoms with Crippen LogP contribution in [-0.2, 0) is 16.6 Å². The van der Waals surface area contributed by atoms with E-state index in [9.17, 15) is 12.8 Å². The lowest BCUT2D eigenvalue weighted by Gasteiger charge is -2.16. The average Bonchev–Trinajstić information content (AvgIpc) is 2.47. The van der Waals surface area contributed by atoms with E-state index >= 15 is 0 Å². The minimum Gasteiger partial charge on any atom is -0.380 e. The third-order valence-corrected chi connectivity index (χ3v) is 4.92. The Kier molecular flexibility index (Phi) is 4.59. The number of anilines is 1. The first kappa shape index (κ1) is 15.5. The van der Waals surface area contributed by atoms with Crippen LogP contribution >= 0.6 is 0 Å². The van der Waals surface area contributed by atoms with Crippen LogP contribution < -0.4 is 5.32 Å². The third-order valence-electron chi connectivity index (χ3n) is 3.04. The van der Waals surface area contributed by atoms with Crippen LogP contribution in [0, 0.1) is 5.82 Å². The summed E-state index contributed by atoms with van der Waals surface area (Å²) in [7, 11) is -0.524. The van der Waals surface area contributed by atoms with Crippen molar-refractivity contribution in [2.24, 2.45) is 0 Å². The zero-order valence-corrected chi connectivity index (χ0v) is 12.7. The summed E-state index contributed by atoms with van der Waals surface area (Å²) in [6.07, 6.45) is 0. The largest absolute Gasteiger partial charge is 0.380 e. The molecule has 0 aliphatic heterocycles.